The van der Waals surface area contributed by atoms with Gasteiger partial charge < -0.3 is 0 Å². The van der Waals surface area contributed by atoms with Crippen LogP contribution < -0.4 is 0 Å². The summed E-state index contributed by atoms with van der Waals surface area (Å²) in [5, 5.41) is 18.0. The van der Waals surface area contributed by atoms with Crippen LogP contribution in [0.3, 0.4) is 0 Å². The maximum absolute atomic E-state index is 13.2. The number of nitrogens with zero attached hydrogens (tertiary/aromatic N) is 2. The molecule has 3 rings (SSSR count). The fraction of sp³-hybridized carbons (Fsp3) is 0.238. The van der Waals surface area contributed by atoms with Gasteiger partial charge in [0.2, 0.25) is 0 Å². The summed E-state index contributed by atoms with van der Waals surface area (Å²) in [6.07, 6.45) is 1.31. The average Bonchev–Trinajstić information content (AvgIpc) is 2.74. The minimum atomic E-state index is -4.43. The van der Waals surface area contributed by atoms with Gasteiger partial charge in [-0.3, -0.25) is 0 Å². The lowest BCUT2D eigenvalue weighted by Gasteiger charge is -2.14. The number of hydrogen-bond acceptors (Lipinski definition) is 2. The molecule has 0 fully saturated rings. The van der Waals surface area contributed by atoms with Crippen LogP contribution in [0.25, 0.3) is 11.1 Å². The van der Waals surface area contributed by atoms with Crippen molar-refractivity contribution in [3.8, 4) is 12.1 Å². The van der Waals surface area contributed by atoms with Gasteiger partial charge in [-0.25, -0.2) is 0 Å². The molecule has 0 spiro atoms. The van der Waals surface area contributed by atoms with Gasteiger partial charge in [-0.1, -0.05) is 30.4 Å². The molecular formula is C21H15F3N2. The molecule has 1 aromatic rings. The molecule has 0 saturated heterocycles. The maximum atomic E-state index is 13.2. The molecule has 5 heteroatoms. The van der Waals surface area contributed by atoms with Gasteiger partial charge in [-0.05, 0) is 52.8 Å². The molecule has 1 aromatic carbocycles. The third-order valence-corrected chi connectivity index (χ3v) is 4.77. The highest BCUT2D eigenvalue weighted by atomic mass is 19.4. The van der Waals surface area contributed by atoms with Crippen LogP contribution in [0.5, 0.6) is 0 Å². The zero-order valence-electron chi connectivity index (χ0n) is 14.1. The van der Waals surface area contributed by atoms with Crippen molar-refractivity contribution in [2.24, 2.45) is 0 Å². The number of benzene rings is 1. The SMILES string of the molecule is C/C(=C/C#N)c1ccc2c(c1)C(CC#N)C1=C2CC=CC(C(F)(F)F)=C1. The number of allylic oxidation sites excluding steroid dienone is 8. The molecule has 0 bridgehead atoms. The first-order valence-corrected chi connectivity index (χ1v) is 8.13. The van der Waals surface area contributed by atoms with E-state index in [4.69, 9.17) is 5.26 Å². The zero-order chi connectivity index (χ0) is 18.9. The van der Waals surface area contributed by atoms with Crippen molar-refractivity contribution in [3.63, 3.8) is 0 Å². The fourth-order valence-corrected chi connectivity index (χ4v) is 3.51. The van der Waals surface area contributed by atoms with E-state index in [0.29, 0.717) is 12.0 Å². The molecule has 0 saturated carbocycles. The summed E-state index contributed by atoms with van der Waals surface area (Å²) in [5.41, 5.74) is 4.06. The average molecular weight is 352 g/mol. The lowest BCUT2D eigenvalue weighted by molar-refractivity contribution is -0.0882. The van der Waals surface area contributed by atoms with E-state index in [1.165, 1.54) is 18.2 Å². The van der Waals surface area contributed by atoms with Crippen molar-refractivity contribution in [2.75, 3.05) is 0 Å². The predicted molar refractivity (Wildman–Crippen MR) is 93.5 cm³/mol. The van der Waals surface area contributed by atoms with Gasteiger partial charge in [0.05, 0.1) is 17.7 Å². The van der Waals surface area contributed by atoms with Crippen LogP contribution >= 0.6 is 0 Å². The smallest absolute Gasteiger partial charge is 0.198 e. The first kappa shape index (κ1) is 17.8. The molecule has 130 valence electrons. The van der Waals surface area contributed by atoms with Gasteiger partial charge in [0.15, 0.2) is 0 Å². The third kappa shape index (κ3) is 3.09. The molecule has 1 unspecified atom stereocenters. The Kier molecular flexibility index (Phi) is 4.57. The summed E-state index contributed by atoms with van der Waals surface area (Å²) < 4.78 is 39.7. The van der Waals surface area contributed by atoms with Crippen molar-refractivity contribution in [1.29, 1.82) is 10.5 Å². The monoisotopic (exact) mass is 352 g/mol. The molecule has 0 N–H and O–H groups in total. The topological polar surface area (TPSA) is 47.6 Å². The van der Waals surface area contributed by atoms with E-state index >= 15 is 0 Å². The van der Waals surface area contributed by atoms with Gasteiger partial charge in [-0.2, -0.15) is 23.7 Å². The van der Waals surface area contributed by atoms with Crippen LogP contribution in [0, 0.1) is 22.7 Å². The van der Waals surface area contributed by atoms with Crippen LogP contribution in [0.1, 0.15) is 42.4 Å². The second kappa shape index (κ2) is 6.69. The van der Waals surface area contributed by atoms with Gasteiger partial charge in [0.25, 0.3) is 0 Å². The van der Waals surface area contributed by atoms with Gasteiger partial charge >= 0.3 is 6.18 Å². The Hall–Kier alpha value is -3.05. The Morgan fingerprint density at radius 3 is 2.73 bits per heavy atom. The number of alkyl halides is 3. The minimum absolute atomic E-state index is 0.109. The molecule has 26 heavy (non-hydrogen) atoms. The predicted octanol–water partition coefficient (Wildman–Crippen LogP) is 5.83. The number of hydrogen-bond donors (Lipinski definition) is 0. The number of halogens is 3. The summed E-state index contributed by atoms with van der Waals surface area (Å²) >= 11 is 0. The molecule has 0 amide bonds. The van der Waals surface area contributed by atoms with E-state index in [-0.39, 0.29) is 6.42 Å². The van der Waals surface area contributed by atoms with Crippen molar-refractivity contribution >= 4 is 11.1 Å². The molecule has 2 aliphatic carbocycles. The lowest BCUT2D eigenvalue weighted by Crippen LogP contribution is -2.10. The number of rotatable bonds is 2. The first-order chi connectivity index (χ1) is 12.4. The second-order valence-corrected chi connectivity index (χ2v) is 6.31. The molecule has 2 nitrogen and oxygen atoms in total. The third-order valence-electron chi connectivity index (χ3n) is 4.77. The Morgan fingerprint density at radius 1 is 1.31 bits per heavy atom. The minimum Gasteiger partial charge on any atom is -0.198 e. The zero-order valence-corrected chi connectivity index (χ0v) is 14.1. The van der Waals surface area contributed by atoms with E-state index in [2.05, 4.69) is 6.07 Å². The standard InChI is InChI=1S/C21H15F3N2/c1-13(7-9-25)14-5-6-17-16-4-2-3-15(21(22,23)24)12-20(16)18(8-10-26)19(17)11-14/h2-3,5-7,11-12,18H,4,8H2,1H3/b13-7-. The molecular weight excluding hydrogens is 337 g/mol. The maximum Gasteiger partial charge on any atom is 0.416 e. The van der Waals surface area contributed by atoms with E-state index in [0.717, 1.165) is 33.9 Å². The van der Waals surface area contributed by atoms with E-state index in [1.54, 1.807) is 0 Å². The molecule has 0 aliphatic heterocycles. The highest BCUT2D eigenvalue weighted by Gasteiger charge is 2.36. The van der Waals surface area contributed by atoms with Crippen LogP contribution in [-0.4, -0.2) is 6.18 Å². The highest BCUT2D eigenvalue weighted by Crippen LogP contribution is 2.48. The van der Waals surface area contributed by atoms with Crippen LogP contribution in [0.15, 0.2) is 53.6 Å². The number of nitriles is 2. The summed E-state index contributed by atoms with van der Waals surface area (Å²) in [7, 11) is 0. The normalized spacial score (nSPS) is 19.2. The van der Waals surface area contributed by atoms with Gasteiger partial charge in [0, 0.05) is 18.4 Å². The van der Waals surface area contributed by atoms with E-state index in [1.807, 2.05) is 31.2 Å². The largest absolute Gasteiger partial charge is 0.416 e. The Labute approximate surface area is 149 Å². The van der Waals surface area contributed by atoms with Crippen molar-refractivity contribution in [3.05, 3.63) is 70.3 Å². The second-order valence-electron chi connectivity index (χ2n) is 6.31. The van der Waals surface area contributed by atoms with E-state index < -0.39 is 17.7 Å². The summed E-state index contributed by atoms with van der Waals surface area (Å²) in [6.45, 7) is 1.81. The quantitative estimate of drug-likeness (QED) is 0.629. The fourth-order valence-electron chi connectivity index (χ4n) is 3.51. The Balaban J connectivity index is 2.15. The van der Waals surface area contributed by atoms with E-state index in [9.17, 15) is 18.4 Å². The number of fused-ring (bicyclic) bond motifs is 2. The molecule has 0 radical (unpaired) electrons. The molecule has 0 aromatic heterocycles. The summed E-state index contributed by atoms with van der Waals surface area (Å²) in [5.74, 6) is -0.392. The van der Waals surface area contributed by atoms with Gasteiger partial charge in [0.1, 0.15) is 0 Å². The summed E-state index contributed by atoms with van der Waals surface area (Å²) in [6, 6.07) is 9.72. The lowest BCUT2D eigenvalue weighted by atomic mass is 9.90. The Bertz CT molecular complexity index is 960. The van der Waals surface area contributed by atoms with Crippen LogP contribution in [-0.2, 0) is 0 Å². The van der Waals surface area contributed by atoms with Crippen LogP contribution in [0.4, 0.5) is 13.2 Å². The van der Waals surface area contributed by atoms with Gasteiger partial charge in [-0.15, -0.1) is 0 Å². The molecule has 2 aliphatic rings. The van der Waals surface area contributed by atoms with Crippen molar-refractivity contribution in [1.82, 2.24) is 0 Å². The summed E-state index contributed by atoms with van der Waals surface area (Å²) in [4.78, 5) is 0. The first-order valence-electron chi connectivity index (χ1n) is 8.13. The van der Waals surface area contributed by atoms with Crippen molar-refractivity contribution < 1.29 is 13.2 Å². The molecule has 0 heterocycles. The van der Waals surface area contributed by atoms with Crippen LogP contribution in [0.2, 0.25) is 0 Å². The highest BCUT2D eigenvalue weighted by molar-refractivity contribution is 5.84. The molecule has 1 atom stereocenters. The Morgan fingerprint density at radius 2 is 2.08 bits per heavy atom. The van der Waals surface area contributed by atoms with Crippen molar-refractivity contribution in [2.45, 2.75) is 31.9 Å².